The predicted molar refractivity (Wildman–Crippen MR) is 192 cm³/mol. The van der Waals surface area contributed by atoms with Gasteiger partial charge in [0.1, 0.15) is 5.54 Å². The number of benzene rings is 2. The third-order valence-corrected chi connectivity index (χ3v) is 9.76. The van der Waals surface area contributed by atoms with Crippen LogP contribution in [0.4, 0.5) is 15.9 Å². The molecule has 2 unspecified atom stereocenters. The number of aromatic nitrogens is 2. The number of carboxylic acids is 1. The van der Waals surface area contributed by atoms with Gasteiger partial charge in [-0.3, -0.25) is 4.79 Å². The first-order valence-corrected chi connectivity index (χ1v) is 16.7. The minimum Gasteiger partial charge on any atom is -0.481 e. The van der Waals surface area contributed by atoms with Gasteiger partial charge in [-0.1, -0.05) is 71.8 Å². The summed E-state index contributed by atoms with van der Waals surface area (Å²) in [5, 5.41) is 21.9. The van der Waals surface area contributed by atoms with Gasteiger partial charge in [0, 0.05) is 55.1 Å². The molecular formula is C37H35Cl2FN6O4. The molecule has 3 heterocycles. The Bertz CT molecular complexity index is 1940. The zero-order chi connectivity index (χ0) is 35.3. The van der Waals surface area contributed by atoms with E-state index in [0.717, 1.165) is 17.5 Å². The number of amides is 1. The van der Waals surface area contributed by atoms with Crippen molar-refractivity contribution in [3.05, 3.63) is 131 Å². The van der Waals surface area contributed by atoms with Gasteiger partial charge in [0.25, 0.3) is 0 Å². The molecule has 50 heavy (non-hydrogen) atoms. The molecule has 2 aromatic carbocycles. The fourth-order valence-electron chi connectivity index (χ4n) is 6.07. The maximum atomic E-state index is 16.3. The number of nitrogens with zero attached hydrogens (tertiary/aromatic N) is 2. The largest absolute Gasteiger partial charge is 0.481 e. The summed E-state index contributed by atoms with van der Waals surface area (Å²) >= 11 is 14.8. The second-order valence-corrected chi connectivity index (χ2v) is 13.3. The van der Waals surface area contributed by atoms with Crippen LogP contribution in [0.25, 0.3) is 5.57 Å². The van der Waals surface area contributed by atoms with Crippen LogP contribution in [0.15, 0.2) is 97.2 Å². The van der Waals surface area contributed by atoms with E-state index < -0.39 is 21.7 Å². The van der Waals surface area contributed by atoms with Gasteiger partial charge in [0.15, 0.2) is 16.0 Å². The summed E-state index contributed by atoms with van der Waals surface area (Å²) in [5.74, 6) is -1.41. The van der Waals surface area contributed by atoms with E-state index in [2.05, 4.69) is 26.3 Å². The van der Waals surface area contributed by atoms with Crippen molar-refractivity contribution in [2.75, 3.05) is 24.3 Å². The quantitative estimate of drug-likeness (QED) is 0.0991. The molecule has 6 rings (SSSR count). The molecule has 0 radical (unpaired) electrons. The molecule has 1 fully saturated rings. The number of pyridine rings is 2. The molecule has 1 aliphatic heterocycles. The Morgan fingerprint density at radius 2 is 1.84 bits per heavy atom. The van der Waals surface area contributed by atoms with E-state index in [1.165, 1.54) is 25.4 Å². The summed E-state index contributed by atoms with van der Waals surface area (Å²) in [7, 11) is 1.51. The van der Waals surface area contributed by atoms with Crippen LogP contribution < -0.4 is 26.0 Å². The van der Waals surface area contributed by atoms with Crippen molar-refractivity contribution in [2.24, 2.45) is 0 Å². The van der Waals surface area contributed by atoms with Crippen molar-refractivity contribution in [1.82, 2.24) is 20.6 Å². The highest BCUT2D eigenvalue weighted by Crippen LogP contribution is 2.54. The number of hydrogen-bond acceptors (Lipinski definition) is 8. The molecule has 2 atom stereocenters. The molecule has 0 saturated carbocycles. The number of rotatable bonds is 13. The molecule has 1 aliphatic carbocycles. The molecular weight excluding hydrogens is 682 g/mol. The van der Waals surface area contributed by atoms with E-state index in [0.29, 0.717) is 47.9 Å². The van der Waals surface area contributed by atoms with E-state index in [1.807, 2.05) is 42.5 Å². The fraction of sp³-hybridized carbons (Fsp3) is 0.243. The summed E-state index contributed by atoms with van der Waals surface area (Å²) in [6, 6.07) is 20.8. The summed E-state index contributed by atoms with van der Waals surface area (Å²) in [6.07, 6.45) is 8.10. The fourth-order valence-corrected chi connectivity index (χ4v) is 6.83. The average molecular weight is 718 g/mol. The summed E-state index contributed by atoms with van der Waals surface area (Å²) in [5.41, 5.74) is 1.94. The van der Waals surface area contributed by atoms with Crippen molar-refractivity contribution in [3.8, 4) is 5.88 Å². The molecule has 1 amide bonds. The van der Waals surface area contributed by atoms with Crippen molar-refractivity contribution >= 4 is 52.2 Å². The topological polar surface area (TPSA) is 138 Å². The number of carbonyl (C=O) groups excluding carboxylic acids is 1. The van der Waals surface area contributed by atoms with E-state index >= 15 is 4.39 Å². The molecule has 0 spiro atoms. The number of aromatic carboxylic acids is 1. The van der Waals surface area contributed by atoms with Gasteiger partial charge in [-0.2, -0.15) is 0 Å². The standard InChI is InChI=1S/C37H35Cl2FN6O4/c1-50-34-26(20-41-22-28-14-16-31(47)44-28)11-15-30(45-34)36(18-5-8-29(37(36,38)39)23-6-3-2-4-7-23)46-33-32(40)25(17-19-42-33)21-43-27-12-9-24(10-13-27)35(48)49/h2-13,15,17-19,28,41,43H,14,16,20-22H2,1H3,(H,42,46)(H,44,47)(H,48,49). The van der Waals surface area contributed by atoms with Crippen LogP contribution in [-0.4, -0.2) is 51.0 Å². The summed E-state index contributed by atoms with van der Waals surface area (Å²) in [6.45, 7) is 1.09. The highest BCUT2D eigenvalue weighted by atomic mass is 35.5. The lowest BCUT2D eigenvalue weighted by atomic mass is 9.79. The number of carbonyl (C=O) groups is 2. The predicted octanol–water partition coefficient (Wildman–Crippen LogP) is 6.44. The number of alkyl halides is 2. The second kappa shape index (κ2) is 14.9. The first-order chi connectivity index (χ1) is 24.1. The Kier molecular flexibility index (Phi) is 10.4. The Labute approximate surface area is 298 Å². The number of anilines is 2. The SMILES string of the molecule is COc1nc(C2(Nc3nccc(CNc4ccc(C(=O)O)cc4)c3F)C=CC=C(c3ccccc3)C2(Cl)Cl)ccc1CNCC1CCC(=O)N1. The van der Waals surface area contributed by atoms with Crippen LogP contribution in [0.2, 0.25) is 0 Å². The van der Waals surface area contributed by atoms with Crippen molar-refractivity contribution in [2.45, 2.75) is 41.8 Å². The second-order valence-electron chi connectivity index (χ2n) is 12.0. The van der Waals surface area contributed by atoms with Gasteiger partial charge in [-0.15, -0.1) is 0 Å². The maximum absolute atomic E-state index is 16.3. The van der Waals surface area contributed by atoms with Gasteiger partial charge < -0.3 is 31.1 Å². The number of carboxylic acid groups (broad SMARTS) is 1. The first kappa shape index (κ1) is 34.9. The zero-order valence-corrected chi connectivity index (χ0v) is 28.6. The minimum absolute atomic E-state index is 0.0493. The molecule has 258 valence electrons. The number of methoxy groups -OCH3 is 1. The molecule has 10 nitrogen and oxygen atoms in total. The van der Waals surface area contributed by atoms with Gasteiger partial charge in [0.05, 0.1) is 18.4 Å². The number of allylic oxidation sites excluding steroid dienone is 2. The van der Waals surface area contributed by atoms with Crippen LogP contribution in [0, 0.1) is 5.82 Å². The lowest BCUT2D eigenvalue weighted by Crippen LogP contribution is -2.51. The van der Waals surface area contributed by atoms with Gasteiger partial charge in [-0.05, 0) is 60.0 Å². The molecule has 1 saturated heterocycles. The maximum Gasteiger partial charge on any atom is 0.335 e. The van der Waals surface area contributed by atoms with Gasteiger partial charge >= 0.3 is 5.97 Å². The Hall–Kier alpha value is -4.97. The first-order valence-electron chi connectivity index (χ1n) is 16.0. The van der Waals surface area contributed by atoms with E-state index in [4.69, 9.17) is 32.9 Å². The van der Waals surface area contributed by atoms with Crippen LogP contribution in [0.3, 0.4) is 0 Å². The van der Waals surface area contributed by atoms with E-state index in [1.54, 1.807) is 36.4 Å². The molecule has 4 aromatic rings. The number of nitrogens with one attached hydrogen (secondary N) is 4. The monoisotopic (exact) mass is 716 g/mol. The van der Waals surface area contributed by atoms with Crippen molar-refractivity contribution in [1.29, 1.82) is 0 Å². The lowest BCUT2D eigenvalue weighted by molar-refractivity contribution is -0.119. The molecule has 0 bridgehead atoms. The van der Waals surface area contributed by atoms with E-state index in [9.17, 15) is 14.7 Å². The third-order valence-electron chi connectivity index (χ3n) is 8.75. The Morgan fingerprint density at radius 3 is 2.54 bits per heavy atom. The third kappa shape index (κ3) is 7.16. The highest BCUT2D eigenvalue weighted by Gasteiger charge is 2.55. The summed E-state index contributed by atoms with van der Waals surface area (Å²) in [4.78, 5) is 32.1. The summed E-state index contributed by atoms with van der Waals surface area (Å²) < 4.78 is 20.3. The van der Waals surface area contributed by atoms with Crippen molar-refractivity contribution in [3.63, 3.8) is 0 Å². The van der Waals surface area contributed by atoms with Gasteiger partial charge in [-0.25, -0.2) is 19.2 Å². The van der Waals surface area contributed by atoms with Crippen LogP contribution in [0.1, 0.15) is 45.6 Å². The molecule has 2 aromatic heterocycles. The minimum atomic E-state index is -1.74. The van der Waals surface area contributed by atoms with Crippen LogP contribution in [0.5, 0.6) is 5.88 Å². The Morgan fingerprint density at radius 1 is 1.06 bits per heavy atom. The smallest absolute Gasteiger partial charge is 0.335 e. The zero-order valence-electron chi connectivity index (χ0n) is 27.1. The lowest BCUT2D eigenvalue weighted by Gasteiger charge is -2.44. The number of ether oxygens (including phenoxy) is 1. The van der Waals surface area contributed by atoms with Gasteiger partial charge in [0.2, 0.25) is 11.8 Å². The number of hydrogen-bond donors (Lipinski definition) is 5. The molecule has 13 heteroatoms. The average Bonchev–Trinajstić information content (AvgIpc) is 3.54. The normalized spacial score (nSPS) is 19.4. The van der Waals surface area contributed by atoms with Crippen molar-refractivity contribution < 1.29 is 23.8 Å². The molecule has 2 aliphatic rings. The number of halogens is 3. The highest BCUT2D eigenvalue weighted by molar-refractivity contribution is 6.55. The van der Waals surface area contributed by atoms with E-state index in [-0.39, 0.29) is 29.9 Å². The van der Waals surface area contributed by atoms with Crippen LogP contribution in [-0.2, 0) is 23.4 Å². The van der Waals surface area contributed by atoms with Crippen LogP contribution >= 0.6 is 23.2 Å². The Balaban J connectivity index is 1.33. The molecule has 5 N–H and O–H groups in total.